The van der Waals surface area contributed by atoms with Gasteiger partial charge < -0.3 is 22.3 Å². The molecule has 0 spiro atoms. The van der Waals surface area contributed by atoms with Crippen LogP contribution in [0.4, 0.5) is 11.6 Å². The van der Waals surface area contributed by atoms with Crippen molar-refractivity contribution in [3.05, 3.63) is 17.3 Å². The molecule has 11 heteroatoms. The number of aromatic nitrogens is 2. The molecule has 1 aromatic rings. The van der Waals surface area contributed by atoms with Crippen molar-refractivity contribution in [1.29, 1.82) is 0 Å². The van der Waals surface area contributed by atoms with Crippen LogP contribution in [0.2, 0.25) is 0 Å². The van der Waals surface area contributed by atoms with E-state index >= 15 is 0 Å². The Morgan fingerprint density at radius 3 is 2.70 bits per heavy atom. The molecular weight excluding hydrogens is 340 g/mol. The highest BCUT2D eigenvalue weighted by Crippen LogP contribution is 2.40. The van der Waals surface area contributed by atoms with E-state index in [0.29, 0.717) is 22.2 Å². The van der Waals surface area contributed by atoms with Gasteiger partial charge in [0.2, 0.25) is 5.91 Å². The number of carbonyl (C=O) groups is 2. The molecule has 1 amide bonds. The number of carboxylic acid groups (broad SMARTS) is 1. The third-order valence-electron chi connectivity index (χ3n) is 3.41. The van der Waals surface area contributed by atoms with E-state index in [2.05, 4.69) is 9.97 Å². The van der Waals surface area contributed by atoms with Crippen LogP contribution >= 0.6 is 23.5 Å². The minimum absolute atomic E-state index is 0.00447. The van der Waals surface area contributed by atoms with E-state index in [-0.39, 0.29) is 28.6 Å². The Morgan fingerprint density at radius 2 is 2.09 bits per heavy atom. The first kappa shape index (κ1) is 15.9. The zero-order valence-corrected chi connectivity index (χ0v) is 13.4. The zero-order valence-electron chi connectivity index (χ0n) is 11.8. The summed E-state index contributed by atoms with van der Waals surface area (Å²) in [5.74, 6) is -0.216. The zero-order chi connectivity index (χ0) is 16.7. The third-order valence-corrected chi connectivity index (χ3v) is 5.71. The van der Waals surface area contributed by atoms with Gasteiger partial charge in [0.1, 0.15) is 28.7 Å². The number of carboxylic acids is 1. The van der Waals surface area contributed by atoms with Crippen molar-refractivity contribution < 1.29 is 14.7 Å². The molecule has 122 valence electrons. The summed E-state index contributed by atoms with van der Waals surface area (Å²) in [7, 11) is 0. The summed E-state index contributed by atoms with van der Waals surface area (Å²) >= 11 is 2.67. The second-order valence-corrected chi connectivity index (χ2v) is 7.03. The highest BCUT2D eigenvalue weighted by Gasteiger charge is 2.51. The molecule has 7 N–H and O–H groups in total. The highest BCUT2D eigenvalue weighted by atomic mass is 32.2. The minimum atomic E-state index is -1.14. The van der Waals surface area contributed by atoms with Gasteiger partial charge in [-0.05, 0) is 5.57 Å². The first-order chi connectivity index (χ1) is 10.9. The number of hydrogen-bond acceptors (Lipinski definition) is 9. The minimum Gasteiger partial charge on any atom is -0.477 e. The van der Waals surface area contributed by atoms with Crippen LogP contribution in [0.5, 0.6) is 0 Å². The van der Waals surface area contributed by atoms with Gasteiger partial charge in [-0.25, -0.2) is 14.8 Å². The van der Waals surface area contributed by atoms with Crippen molar-refractivity contribution in [2.75, 3.05) is 23.0 Å². The number of nitrogens with zero attached hydrogens (tertiary/aromatic N) is 3. The van der Waals surface area contributed by atoms with Gasteiger partial charge in [-0.15, -0.1) is 11.8 Å². The number of nitrogens with two attached hydrogens (primary N) is 3. The molecule has 9 nitrogen and oxygen atoms in total. The van der Waals surface area contributed by atoms with Gasteiger partial charge >= 0.3 is 5.97 Å². The average Bonchev–Trinajstić information content (AvgIpc) is 2.50. The molecule has 0 bridgehead atoms. The summed E-state index contributed by atoms with van der Waals surface area (Å²) in [4.78, 5) is 32.7. The van der Waals surface area contributed by atoms with E-state index in [1.165, 1.54) is 34.5 Å². The molecular formula is C12H14N6O3S2. The van der Waals surface area contributed by atoms with Crippen LogP contribution < -0.4 is 17.2 Å². The maximum atomic E-state index is 11.8. The van der Waals surface area contributed by atoms with Gasteiger partial charge in [0.15, 0.2) is 5.16 Å². The summed E-state index contributed by atoms with van der Waals surface area (Å²) in [6.07, 6.45) is 0. The number of anilines is 2. The molecule has 1 unspecified atom stereocenters. The molecule has 3 heterocycles. The van der Waals surface area contributed by atoms with Gasteiger partial charge in [-0.1, -0.05) is 11.8 Å². The monoisotopic (exact) mass is 354 g/mol. The number of hydrogen-bond donors (Lipinski definition) is 4. The van der Waals surface area contributed by atoms with Crippen LogP contribution in [0, 0.1) is 0 Å². The summed E-state index contributed by atoms with van der Waals surface area (Å²) < 4.78 is 0. The number of rotatable bonds is 4. The number of carbonyl (C=O) groups excluding carboxylic acids is 1. The van der Waals surface area contributed by atoms with Gasteiger partial charge in [0.05, 0.1) is 0 Å². The van der Waals surface area contributed by atoms with E-state index < -0.39 is 12.0 Å². The van der Waals surface area contributed by atoms with Gasteiger partial charge in [-0.2, -0.15) is 0 Å². The molecule has 23 heavy (non-hydrogen) atoms. The Balaban J connectivity index is 1.82. The number of amides is 1. The van der Waals surface area contributed by atoms with Crippen molar-refractivity contribution in [3.63, 3.8) is 0 Å². The Morgan fingerprint density at radius 1 is 1.43 bits per heavy atom. The first-order valence-corrected chi connectivity index (χ1v) is 8.60. The van der Waals surface area contributed by atoms with Crippen LogP contribution in [0.1, 0.15) is 0 Å². The molecule has 3 rings (SSSR count). The van der Waals surface area contributed by atoms with E-state index in [1.54, 1.807) is 0 Å². The molecule has 2 atom stereocenters. The van der Waals surface area contributed by atoms with E-state index in [9.17, 15) is 14.7 Å². The molecule has 2 aliphatic heterocycles. The smallest absolute Gasteiger partial charge is 0.352 e. The van der Waals surface area contributed by atoms with Crippen LogP contribution in [0.25, 0.3) is 0 Å². The highest BCUT2D eigenvalue weighted by molar-refractivity contribution is 8.01. The maximum absolute atomic E-state index is 11.8. The lowest BCUT2D eigenvalue weighted by atomic mass is 10.0. The fraction of sp³-hybridized carbons (Fsp3) is 0.333. The molecule has 0 aromatic carbocycles. The average molecular weight is 354 g/mol. The quantitative estimate of drug-likeness (QED) is 0.309. The number of thioether (sulfide) groups is 2. The number of nitrogen functional groups attached to an aromatic ring is 2. The van der Waals surface area contributed by atoms with Gasteiger partial charge in [0, 0.05) is 17.6 Å². The van der Waals surface area contributed by atoms with Gasteiger partial charge in [-0.3, -0.25) is 9.69 Å². The second-order valence-electron chi connectivity index (χ2n) is 4.98. The standard InChI is InChI=1S/C12H14N6O3S2/c13-5-1-6(14)17-12(16-5)23-3-4-2-22-10-7(15)9(19)18(10)8(4)11(20)21/h1,7,10H,2-3,15H2,(H,20,21)(H4,13,14,16,17)/t7?,10-/m0/s1. The van der Waals surface area contributed by atoms with Crippen LogP contribution in [0.3, 0.4) is 0 Å². The van der Waals surface area contributed by atoms with E-state index in [4.69, 9.17) is 17.2 Å². The van der Waals surface area contributed by atoms with Crippen molar-refractivity contribution in [3.8, 4) is 0 Å². The number of aliphatic carboxylic acids is 1. The lowest BCUT2D eigenvalue weighted by molar-refractivity contribution is -0.147. The number of β-lactam (4-membered cyclic amide) rings is 1. The topological polar surface area (TPSA) is 161 Å². The number of fused-ring (bicyclic) bond motifs is 1. The Bertz CT molecular complexity index is 704. The van der Waals surface area contributed by atoms with E-state index in [1.807, 2.05) is 0 Å². The molecule has 0 aliphatic carbocycles. The molecule has 2 aliphatic rings. The molecule has 1 saturated heterocycles. The molecule has 1 aromatic heterocycles. The van der Waals surface area contributed by atoms with Crippen molar-refractivity contribution in [2.24, 2.45) is 5.73 Å². The Hall–Kier alpha value is -1.98. The fourth-order valence-corrected chi connectivity index (χ4v) is 4.67. The lowest BCUT2D eigenvalue weighted by Crippen LogP contribution is -2.68. The SMILES string of the molecule is Nc1cc(N)nc(SCC2=C(C(=O)O)N3C(=O)C(N)[C@@H]3SC2)n1. The second kappa shape index (κ2) is 5.91. The maximum Gasteiger partial charge on any atom is 0.352 e. The molecule has 0 saturated carbocycles. The summed E-state index contributed by atoms with van der Waals surface area (Å²) in [6.45, 7) is 0. The Kier molecular flexibility index (Phi) is 4.08. The first-order valence-electron chi connectivity index (χ1n) is 6.57. The fourth-order valence-electron chi connectivity index (χ4n) is 2.37. The predicted octanol–water partition coefficient (Wildman–Crippen LogP) is -0.686. The van der Waals surface area contributed by atoms with Crippen molar-refractivity contribution in [1.82, 2.24) is 14.9 Å². The summed E-state index contributed by atoms with van der Waals surface area (Å²) in [6, 6.07) is 0.799. The van der Waals surface area contributed by atoms with Gasteiger partial charge in [0.25, 0.3) is 0 Å². The van der Waals surface area contributed by atoms with Crippen LogP contribution in [-0.4, -0.2) is 54.8 Å². The third kappa shape index (κ3) is 2.82. The summed E-state index contributed by atoms with van der Waals surface area (Å²) in [5, 5.41) is 9.49. The Labute approximate surface area is 139 Å². The van der Waals surface area contributed by atoms with E-state index in [0.717, 1.165) is 0 Å². The van der Waals surface area contributed by atoms with Crippen molar-refractivity contribution in [2.45, 2.75) is 16.6 Å². The van der Waals surface area contributed by atoms with Crippen LogP contribution in [-0.2, 0) is 9.59 Å². The predicted molar refractivity (Wildman–Crippen MR) is 87.3 cm³/mol. The van der Waals surface area contributed by atoms with Crippen molar-refractivity contribution >= 4 is 47.0 Å². The normalized spacial score (nSPS) is 23.5. The molecule has 1 fully saturated rings. The largest absolute Gasteiger partial charge is 0.477 e. The molecule has 0 radical (unpaired) electrons. The van der Waals surface area contributed by atoms with Crippen LogP contribution in [0.15, 0.2) is 22.5 Å². The summed E-state index contributed by atoms with van der Waals surface area (Å²) in [5.41, 5.74) is 17.5. The lowest BCUT2D eigenvalue weighted by Gasteiger charge is -2.48.